The van der Waals surface area contributed by atoms with Crippen molar-refractivity contribution in [1.82, 2.24) is 5.32 Å². The molecule has 0 aliphatic carbocycles. The van der Waals surface area contributed by atoms with Gasteiger partial charge in [-0.3, -0.25) is 9.59 Å². The van der Waals surface area contributed by atoms with Crippen LogP contribution in [-0.4, -0.2) is 36.9 Å². The van der Waals surface area contributed by atoms with Gasteiger partial charge < -0.3 is 21.7 Å². The number of ketones is 1. The van der Waals surface area contributed by atoms with E-state index in [4.69, 9.17) is 11.5 Å². The number of halogens is 1. The Balaban J connectivity index is 0.00000341. The van der Waals surface area contributed by atoms with Gasteiger partial charge in [0.25, 0.3) is 0 Å². The van der Waals surface area contributed by atoms with Crippen molar-refractivity contribution in [2.24, 2.45) is 5.73 Å². The van der Waals surface area contributed by atoms with Gasteiger partial charge in [0, 0.05) is 24.0 Å². The van der Waals surface area contributed by atoms with E-state index in [-0.39, 0.29) is 35.7 Å². The lowest BCUT2D eigenvalue weighted by Gasteiger charge is -2.34. The van der Waals surface area contributed by atoms with Crippen LogP contribution in [0.5, 0.6) is 0 Å². The zero-order valence-electron chi connectivity index (χ0n) is 17.9. The van der Waals surface area contributed by atoms with Gasteiger partial charge in [-0.25, -0.2) is 0 Å². The Bertz CT molecular complexity index is 999. The molecular weight excluding hydrogens is 503 g/mol. The molecule has 2 aromatic rings. The molecule has 31 heavy (non-hydrogen) atoms. The molecule has 1 aliphatic heterocycles. The highest BCUT2D eigenvalue weighted by molar-refractivity contribution is 14.0. The number of likely N-dealkylation sites (N-methyl/N-ethyl adjacent to an activating group) is 1. The molecule has 0 fully saturated rings. The molecule has 7 heteroatoms. The van der Waals surface area contributed by atoms with Crippen LogP contribution < -0.4 is 21.7 Å². The Morgan fingerprint density at radius 3 is 2.35 bits per heavy atom. The highest BCUT2D eigenvalue weighted by Gasteiger charge is 2.31. The Hall–Kier alpha value is -2.65. The van der Waals surface area contributed by atoms with E-state index in [9.17, 15) is 9.59 Å². The number of allylic oxidation sites excluding steroid dienone is 2. The number of carbonyl (C=O) groups excluding carboxylic acids is 2. The van der Waals surface area contributed by atoms with E-state index in [1.807, 2.05) is 78.7 Å². The number of hydrogen-bond donors (Lipinski definition) is 3. The zero-order chi connectivity index (χ0) is 21.8. The van der Waals surface area contributed by atoms with Crippen molar-refractivity contribution in [2.45, 2.75) is 32.0 Å². The zero-order valence-corrected chi connectivity index (χ0v) is 20.2. The first-order valence-corrected chi connectivity index (χ1v) is 9.95. The second-order valence-electron chi connectivity index (χ2n) is 7.62. The SMILES string of the molecule is CC(N)C(=O)NC(C)C(=O)C1C=C(C=Cc2ccc(N)cc2)c2ccccc2N1C.I. The van der Waals surface area contributed by atoms with Crippen molar-refractivity contribution >= 4 is 58.7 Å². The number of nitrogen functional groups attached to an aromatic ring is 1. The second-order valence-corrected chi connectivity index (χ2v) is 7.62. The van der Waals surface area contributed by atoms with Crippen molar-refractivity contribution in [3.8, 4) is 0 Å². The summed E-state index contributed by atoms with van der Waals surface area (Å²) in [6.07, 6.45) is 5.94. The second kappa shape index (κ2) is 10.6. The van der Waals surface area contributed by atoms with E-state index < -0.39 is 18.1 Å². The normalized spacial score (nSPS) is 17.2. The van der Waals surface area contributed by atoms with E-state index in [0.717, 1.165) is 22.4 Å². The number of para-hydroxylation sites is 1. The van der Waals surface area contributed by atoms with Gasteiger partial charge in [0.1, 0.15) is 6.04 Å². The topological polar surface area (TPSA) is 101 Å². The van der Waals surface area contributed by atoms with Crippen LogP contribution in [0.1, 0.15) is 25.0 Å². The minimum atomic E-state index is -0.668. The van der Waals surface area contributed by atoms with Gasteiger partial charge in [0.15, 0.2) is 5.78 Å². The molecule has 3 rings (SSSR count). The number of benzene rings is 2. The smallest absolute Gasteiger partial charge is 0.237 e. The lowest BCUT2D eigenvalue weighted by Crippen LogP contribution is -2.52. The predicted octanol–water partition coefficient (Wildman–Crippen LogP) is 3.22. The molecule has 1 amide bonds. The van der Waals surface area contributed by atoms with Gasteiger partial charge in [-0.1, -0.05) is 42.5 Å². The fourth-order valence-corrected chi connectivity index (χ4v) is 3.43. The fourth-order valence-electron chi connectivity index (χ4n) is 3.43. The third kappa shape index (κ3) is 5.74. The average Bonchev–Trinajstić information content (AvgIpc) is 2.74. The minimum Gasteiger partial charge on any atom is -0.399 e. The minimum absolute atomic E-state index is 0. The van der Waals surface area contributed by atoms with Crippen molar-refractivity contribution in [3.63, 3.8) is 0 Å². The quantitative estimate of drug-likeness (QED) is 0.392. The molecule has 1 aliphatic rings. The van der Waals surface area contributed by atoms with Crippen LogP contribution in [0.4, 0.5) is 11.4 Å². The fraction of sp³-hybridized carbons (Fsp3) is 0.250. The first kappa shape index (κ1) is 24.6. The Kier molecular flexibility index (Phi) is 8.41. The Morgan fingerprint density at radius 2 is 1.71 bits per heavy atom. The summed E-state index contributed by atoms with van der Waals surface area (Å²) < 4.78 is 0. The van der Waals surface area contributed by atoms with Crippen molar-refractivity contribution in [3.05, 3.63) is 71.8 Å². The number of Topliss-reactive ketones (excluding diaryl/α,β-unsaturated/α-hetero) is 1. The summed E-state index contributed by atoms with van der Waals surface area (Å²) in [5.41, 5.74) is 16.1. The molecular formula is C24H29IN4O2. The summed E-state index contributed by atoms with van der Waals surface area (Å²) in [4.78, 5) is 27.0. The predicted molar refractivity (Wildman–Crippen MR) is 138 cm³/mol. The monoisotopic (exact) mass is 532 g/mol. The van der Waals surface area contributed by atoms with Gasteiger partial charge in [0.2, 0.25) is 5.91 Å². The van der Waals surface area contributed by atoms with Gasteiger partial charge in [-0.2, -0.15) is 0 Å². The van der Waals surface area contributed by atoms with Gasteiger partial charge >= 0.3 is 0 Å². The lowest BCUT2D eigenvalue weighted by molar-refractivity contribution is -0.128. The van der Waals surface area contributed by atoms with Crippen molar-refractivity contribution in [1.29, 1.82) is 0 Å². The summed E-state index contributed by atoms with van der Waals surface area (Å²) >= 11 is 0. The van der Waals surface area contributed by atoms with Gasteiger partial charge in [-0.15, -0.1) is 24.0 Å². The first-order chi connectivity index (χ1) is 14.3. The van der Waals surface area contributed by atoms with Crippen LogP contribution in [0.25, 0.3) is 11.6 Å². The number of rotatable bonds is 6. The molecule has 5 N–H and O–H groups in total. The molecule has 0 saturated carbocycles. The largest absolute Gasteiger partial charge is 0.399 e. The van der Waals surface area contributed by atoms with Crippen LogP contribution in [0.15, 0.2) is 60.7 Å². The molecule has 0 radical (unpaired) electrons. The average molecular weight is 532 g/mol. The summed E-state index contributed by atoms with van der Waals surface area (Å²) in [7, 11) is 1.89. The van der Waals surface area contributed by atoms with E-state index >= 15 is 0 Å². The van der Waals surface area contributed by atoms with E-state index in [0.29, 0.717) is 5.69 Å². The molecule has 6 nitrogen and oxygen atoms in total. The summed E-state index contributed by atoms with van der Waals surface area (Å²) in [6, 6.07) is 13.7. The van der Waals surface area contributed by atoms with Crippen LogP contribution in [0, 0.1) is 0 Å². The number of carbonyl (C=O) groups is 2. The highest BCUT2D eigenvalue weighted by atomic mass is 127. The third-order valence-corrected chi connectivity index (χ3v) is 5.23. The molecule has 3 unspecified atom stereocenters. The van der Waals surface area contributed by atoms with Gasteiger partial charge in [-0.05, 0) is 49.3 Å². The number of nitrogens with one attached hydrogen (secondary N) is 1. The number of nitrogens with two attached hydrogens (primary N) is 2. The van der Waals surface area contributed by atoms with E-state index in [2.05, 4.69) is 5.32 Å². The van der Waals surface area contributed by atoms with E-state index in [1.54, 1.807) is 13.8 Å². The van der Waals surface area contributed by atoms with Crippen molar-refractivity contribution in [2.75, 3.05) is 17.7 Å². The number of hydrogen-bond acceptors (Lipinski definition) is 5. The molecule has 0 spiro atoms. The number of fused-ring (bicyclic) bond motifs is 1. The van der Waals surface area contributed by atoms with Crippen molar-refractivity contribution < 1.29 is 9.59 Å². The summed E-state index contributed by atoms with van der Waals surface area (Å²) in [5.74, 6) is -0.443. The molecule has 2 aromatic carbocycles. The lowest BCUT2D eigenvalue weighted by atomic mass is 9.91. The Morgan fingerprint density at radius 1 is 1.06 bits per heavy atom. The summed E-state index contributed by atoms with van der Waals surface area (Å²) in [5, 5.41) is 2.70. The van der Waals surface area contributed by atoms with Crippen LogP contribution >= 0.6 is 24.0 Å². The van der Waals surface area contributed by atoms with E-state index in [1.165, 1.54) is 0 Å². The van der Waals surface area contributed by atoms with Crippen LogP contribution in [-0.2, 0) is 9.59 Å². The number of anilines is 2. The highest BCUT2D eigenvalue weighted by Crippen LogP contribution is 2.34. The standard InChI is InChI=1S/C24H28N4O2.HI/c1-15(25)24(30)27-16(2)23(29)22-14-18(11-8-17-9-12-19(26)13-10-17)20-6-4-5-7-21(20)28(22)3;/h4-16,22H,25-26H2,1-3H3,(H,27,30);1H. The molecule has 0 saturated heterocycles. The Labute approximate surface area is 200 Å². The maximum Gasteiger partial charge on any atom is 0.237 e. The summed E-state index contributed by atoms with van der Waals surface area (Å²) in [6.45, 7) is 3.28. The maximum absolute atomic E-state index is 13.2. The first-order valence-electron chi connectivity index (χ1n) is 9.95. The number of nitrogens with zero attached hydrogens (tertiary/aromatic N) is 1. The molecule has 3 atom stereocenters. The van der Waals surface area contributed by atoms with Crippen LogP contribution in [0.2, 0.25) is 0 Å². The molecule has 0 bridgehead atoms. The molecule has 164 valence electrons. The molecule has 0 aromatic heterocycles. The number of amides is 1. The molecule has 1 heterocycles. The van der Waals surface area contributed by atoms with Crippen LogP contribution in [0.3, 0.4) is 0 Å². The third-order valence-electron chi connectivity index (χ3n) is 5.23. The maximum atomic E-state index is 13.2. The van der Waals surface area contributed by atoms with Gasteiger partial charge in [0.05, 0.1) is 12.1 Å².